The fraction of sp³-hybridized carbons (Fsp3) is 0.158. The lowest BCUT2D eigenvalue weighted by Crippen LogP contribution is -2.05. The van der Waals surface area contributed by atoms with E-state index in [2.05, 4.69) is 20.3 Å². The summed E-state index contributed by atoms with van der Waals surface area (Å²) in [5.41, 5.74) is 2.42. The number of carboxylic acid groups (broad SMARTS) is 1. The number of ether oxygens (including phenoxy) is 1. The molecule has 3 aromatic rings. The Bertz CT molecular complexity index is 900. The first-order valence-electron chi connectivity index (χ1n) is 8.13. The monoisotopic (exact) mass is 350 g/mol. The Kier molecular flexibility index (Phi) is 5.38. The average molecular weight is 350 g/mol. The summed E-state index contributed by atoms with van der Waals surface area (Å²) in [7, 11) is 0. The van der Waals surface area contributed by atoms with Gasteiger partial charge in [0.1, 0.15) is 11.3 Å². The van der Waals surface area contributed by atoms with Crippen LogP contribution in [-0.2, 0) is 6.54 Å². The second-order valence-electron chi connectivity index (χ2n) is 5.43. The van der Waals surface area contributed by atoms with Crippen molar-refractivity contribution in [2.45, 2.75) is 13.5 Å². The van der Waals surface area contributed by atoms with Crippen molar-refractivity contribution in [1.29, 1.82) is 0 Å². The van der Waals surface area contributed by atoms with Gasteiger partial charge in [-0.15, -0.1) is 0 Å². The van der Waals surface area contributed by atoms with Crippen LogP contribution in [0.25, 0.3) is 11.3 Å². The second kappa shape index (κ2) is 8.06. The number of carboxylic acids is 1. The SMILES string of the molecule is CCOc1ccc(-c2ccnc(NCc3cccnc3)n2)cc1C(=O)O. The number of aromatic carboxylic acids is 1. The van der Waals surface area contributed by atoms with Gasteiger partial charge in [-0.25, -0.2) is 14.8 Å². The van der Waals surface area contributed by atoms with Crippen molar-refractivity contribution in [1.82, 2.24) is 15.0 Å². The van der Waals surface area contributed by atoms with Crippen molar-refractivity contribution >= 4 is 11.9 Å². The Morgan fingerprint density at radius 3 is 2.85 bits per heavy atom. The molecule has 0 spiro atoms. The lowest BCUT2D eigenvalue weighted by molar-refractivity contribution is 0.0692. The third-order valence-electron chi connectivity index (χ3n) is 3.63. The Balaban J connectivity index is 1.83. The van der Waals surface area contributed by atoms with E-state index in [-0.39, 0.29) is 5.56 Å². The molecule has 0 saturated heterocycles. The molecule has 0 bridgehead atoms. The first kappa shape index (κ1) is 17.3. The van der Waals surface area contributed by atoms with E-state index in [9.17, 15) is 9.90 Å². The molecule has 7 nitrogen and oxygen atoms in total. The summed E-state index contributed by atoms with van der Waals surface area (Å²) in [6, 6.07) is 10.5. The standard InChI is InChI=1S/C19H18N4O3/c1-2-26-17-6-5-14(10-15(17)18(24)25)16-7-9-21-19(23-16)22-12-13-4-3-8-20-11-13/h3-11H,2,12H2,1H3,(H,24,25)(H,21,22,23). The molecule has 1 aromatic carbocycles. The Morgan fingerprint density at radius 2 is 2.12 bits per heavy atom. The van der Waals surface area contributed by atoms with Crippen LogP contribution >= 0.6 is 0 Å². The largest absolute Gasteiger partial charge is 0.493 e. The highest BCUT2D eigenvalue weighted by Gasteiger charge is 2.13. The molecule has 0 unspecified atom stereocenters. The Hall–Kier alpha value is -3.48. The maximum Gasteiger partial charge on any atom is 0.339 e. The number of rotatable bonds is 7. The molecule has 0 aliphatic carbocycles. The molecule has 2 N–H and O–H groups in total. The zero-order valence-electron chi connectivity index (χ0n) is 14.2. The van der Waals surface area contributed by atoms with Crippen LogP contribution in [0.15, 0.2) is 55.0 Å². The van der Waals surface area contributed by atoms with Gasteiger partial charge in [-0.1, -0.05) is 6.07 Å². The highest BCUT2D eigenvalue weighted by atomic mass is 16.5. The van der Waals surface area contributed by atoms with E-state index < -0.39 is 5.97 Å². The average Bonchev–Trinajstić information content (AvgIpc) is 2.68. The van der Waals surface area contributed by atoms with Crippen LogP contribution in [0, 0.1) is 0 Å². The van der Waals surface area contributed by atoms with Gasteiger partial charge in [0.2, 0.25) is 5.95 Å². The number of benzene rings is 1. The summed E-state index contributed by atoms with van der Waals surface area (Å²) in [5.74, 6) is -0.246. The minimum absolute atomic E-state index is 0.104. The van der Waals surface area contributed by atoms with E-state index >= 15 is 0 Å². The Morgan fingerprint density at radius 1 is 1.23 bits per heavy atom. The molecule has 3 rings (SSSR count). The van der Waals surface area contributed by atoms with E-state index in [4.69, 9.17) is 4.74 Å². The number of nitrogens with zero attached hydrogens (tertiary/aromatic N) is 3. The summed E-state index contributed by atoms with van der Waals surface area (Å²) in [4.78, 5) is 24.2. The molecule has 0 atom stereocenters. The molecule has 0 aliphatic rings. The molecule has 0 fully saturated rings. The fourth-order valence-electron chi connectivity index (χ4n) is 2.43. The summed E-state index contributed by atoms with van der Waals surface area (Å²) in [6.07, 6.45) is 5.11. The summed E-state index contributed by atoms with van der Waals surface area (Å²) in [6.45, 7) is 2.75. The fourth-order valence-corrected chi connectivity index (χ4v) is 2.43. The van der Waals surface area contributed by atoms with Gasteiger partial charge in [-0.2, -0.15) is 0 Å². The van der Waals surface area contributed by atoms with Crippen molar-refractivity contribution < 1.29 is 14.6 Å². The smallest absolute Gasteiger partial charge is 0.339 e. The lowest BCUT2D eigenvalue weighted by atomic mass is 10.1. The van der Waals surface area contributed by atoms with E-state index in [1.807, 2.05) is 19.1 Å². The number of carbonyl (C=O) groups is 1. The maximum atomic E-state index is 11.5. The molecule has 0 aliphatic heterocycles. The predicted octanol–water partition coefficient (Wildman–Crippen LogP) is 3.25. The third-order valence-corrected chi connectivity index (χ3v) is 3.63. The topological polar surface area (TPSA) is 97.2 Å². The molecule has 26 heavy (non-hydrogen) atoms. The van der Waals surface area contributed by atoms with E-state index in [0.717, 1.165) is 5.56 Å². The van der Waals surface area contributed by atoms with Crippen LogP contribution in [0.4, 0.5) is 5.95 Å². The van der Waals surface area contributed by atoms with E-state index in [0.29, 0.717) is 36.1 Å². The Labute approximate surface area is 150 Å². The zero-order chi connectivity index (χ0) is 18.4. The molecule has 0 saturated carbocycles. The molecular weight excluding hydrogens is 332 g/mol. The van der Waals surface area contributed by atoms with Crippen LogP contribution in [0.1, 0.15) is 22.8 Å². The molecule has 2 heterocycles. The molecule has 0 radical (unpaired) electrons. The van der Waals surface area contributed by atoms with Crippen molar-refractivity contribution in [2.75, 3.05) is 11.9 Å². The number of pyridine rings is 1. The van der Waals surface area contributed by atoms with Gasteiger partial charge in [-0.05, 0) is 42.8 Å². The first-order valence-corrected chi connectivity index (χ1v) is 8.13. The molecule has 0 amide bonds. The second-order valence-corrected chi connectivity index (χ2v) is 5.43. The number of aromatic nitrogens is 3. The molecular formula is C19H18N4O3. The molecule has 7 heteroatoms. The predicted molar refractivity (Wildman–Crippen MR) is 97.2 cm³/mol. The first-order chi connectivity index (χ1) is 12.7. The minimum atomic E-state index is -1.04. The van der Waals surface area contributed by atoms with Crippen molar-refractivity contribution in [3.05, 3.63) is 66.1 Å². The van der Waals surface area contributed by atoms with Gasteiger partial charge < -0.3 is 15.2 Å². The van der Waals surface area contributed by atoms with Gasteiger partial charge >= 0.3 is 5.97 Å². The van der Waals surface area contributed by atoms with Crippen molar-refractivity contribution in [2.24, 2.45) is 0 Å². The summed E-state index contributed by atoms with van der Waals surface area (Å²) >= 11 is 0. The summed E-state index contributed by atoms with van der Waals surface area (Å²) < 4.78 is 5.37. The number of nitrogens with one attached hydrogen (secondary N) is 1. The molecule has 2 aromatic heterocycles. The van der Waals surface area contributed by atoms with Gasteiger partial charge in [-0.3, -0.25) is 4.98 Å². The van der Waals surface area contributed by atoms with Crippen LogP contribution in [0.5, 0.6) is 5.75 Å². The van der Waals surface area contributed by atoms with Crippen LogP contribution in [-0.4, -0.2) is 32.6 Å². The normalized spacial score (nSPS) is 10.3. The minimum Gasteiger partial charge on any atom is -0.493 e. The third kappa shape index (κ3) is 4.13. The highest BCUT2D eigenvalue weighted by Crippen LogP contribution is 2.26. The summed E-state index contributed by atoms with van der Waals surface area (Å²) in [5, 5.41) is 12.5. The van der Waals surface area contributed by atoms with Crippen LogP contribution < -0.4 is 10.1 Å². The van der Waals surface area contributed by atoms with Crippen LogP contribution in [0.3, 0.4) is 0 Å². The zero-order valence-corrected chi connectivity index (χ0v) is 14.2. The number of hydrogen-bond donors (Lipinski definition) is 2. The van der Waals surface area contributed by atoms with Crippen molar-refractivity contribution in [3.8, 4) is 17.0 Å². The lowest BCUT2D eigenvalue weighted by Gasteiger charge is -2.10. The quantitative estimate of drug-likeness (QED) is 0.675. The molecule has 132 valence electrons. The van der Waals surface area contributed by atoms with Gasteiger partial charge in [0.25, 0.3) is 0 Å². The van der Waals surface area contributed by atoms with Gasteiger partial charge in [0.15, 0.2) is 0 Å². The van der Waals surface area contributed by atoms with E-state index in [1.54, 1.807) is 42.9 Å². The maximum absolute atomic E-state index is 11.5. The highest BCUT2D eigenvalue weighted by molar-refractivity contribution is 5.92. The van der Waals surface area contributed by atoms with Gasteiger partial charge in [0.05, 0.1) is 12.3 Å². The van der Waals surface area contributed by atoms with Crippen LogP contribution in [0.2, 0.25) is 0 Å². The van der Waals surface area contributed by atoms with Gasteiger partial charge in [0, 0.05) is 30.7 Å². The van der Waals surface area contributed by atoms with E-state index in [1.165, 1.54) is 0 Å². The van der Waals surface area contributed by atoms with Crippen molar-refractivity contribution in [3.63, 3.8) is 0 Å². The number of hydrogen-bond acceptors (Lipinski definition) is 6. The number of anilines is 1.